The molecule has 2 aromatic carbocycles. The van der Waals surface area contributed by atoms with Crippen LogP contribution in [0.2, 0.25) is 5.02 Å². The number of benzene rings is 2. The van der Waals surface area contributed by atoms with Gasteiger partial charge in [0.15, 0.2) is 0 Å². The second kappa shape index (κ2) is 6.18. The molecule has 0 amide bonds. The smallest absolute Gasteiger partial charge is 0.208 e. The van der Waals surface area contributed by atoms with Crippen LogP contribution in [0.1, 0.15) is 0 Å². The van der Waals surface area contributed by atoms with Crippen LogP contribution in [-0.2, 0) is 7.05 Å². The molecule has 0 fully saturated rings. The van der Waals surface area contributed by atoms with Gasteiger partial charge in [-0.1, -0.05) is 29.8 Å². The molecular formula is C19H14ClFN4. The summed E-state index contributed by atoms with van der Waals surface area (Å²) in [5.74, 6) is 0.277. The molecule has 0 saturated heterocycles. The number of halogens is 2. The fourth-order valence-corrected chi connectivity index (χ4v) is 2.85. The number of anilines is 2. The Balaban J connectivity index is 1.75. The summed E-state index contributed by atoms with van der Waals surface area (Å²) in [5, 5.41) is 3.37. The number of rotatable bonds is 3. The van der Waals surface area contributed by atoms with Crippen molar-refractivity contribution in [3.8, 4) is 11.3 Å². The van der Waals surface area contributed by atoms with Gasteiger partial charge in [0, 0.05) is 18.3 Å². The third-order valence-corrected chi connectivity index (χ3v) is 4.30. The lowest BCUT2D eigenvalue weighted by molar-refractivity contribution is 0.628. The number of pyridine rings is 1. The van der Waals surface area contributed by atoms with Crippen molar-refractivity contribution in [1.82, 2.24) is 14.5 Å². The first-order valence-electron chi connectivity index (χ1n) is 7.72. The van der Waals surface area contributed by atoms with Gasteiger partial charge in [0.05, 0.1) is 22.4 Å². The second-order valence-electron chi connectivity index (χ2n) is 5.67. The Morgan fingerprint density at radius 3 is 2.64 bits per heavy atom. The van der Waals surface area contributed by atoms with Crippen molar-refractivity contribution in [1.29, 1.82) is 0 Å². The topological polar surface area (TPSA) is 42.7 Å². The molecule has 0 unspecified atom stereocenters. The minimum absolute atomic E-state index is 0.0795. The first-order valence-corrected chi connectivity index (χ1v) is 8.09. The molecule has 0 bridgehead atoms. The Morgan fingerprint density at radius 2 is 1.88 bits per heavy atom. The van der Waals surface area contributed by atoms with Crippen LogP contribution in [0.15, 0.2) is 60.8 Å². The zero-order valence-corrected chi connectivity index (χ0v) is 14.1. The van der Waals surface area contributed by atoms with Crippen LogP contribution in [0.25, 0.3) is 22.3 Å². The van der Waals surface area contributed by atoms with E-state index in [0.29, 0.717) is 5.69 Å². The molecule has 0 saturated carbocycles. The van der Waals surface area contributed by atoms with Gasteiger partial charge >= 0.3 is 0 Å². The van der Waals surface area contributed by atoms with Gasteiger partial charge in [0.2, 0.25) is 5.95 Å². The second-order valence-corrected chi connectivity index (χ2v) is 6.08. The lowest BCUT2D eigenvalue weighted by Crippen LogP contribution is -1.98. The van der Waals surface area contributed by atoms with Crippen LogP contribution in [-0.4, -0.2) is 14.5 Å². The summed E-state index contributed by atoms with van der Waals surface area (Å²) in [6.45, 7) is 0. The third-order valence-electron chi connectivity index (χ3n) is 4.01. The number of hydrogen-bond acceptors (Lipinski definition) is 3. The number of para-hydroxylation sites is 1. The van der Waals surface area contributed by atoms with Gasteiger partial charge in [-0.15, -0.1) is 0 Å². The minimum atomic E-state index is -0.443. The number of aryl methyl sites for hydroxylation is 1. The Morgan fingerprint density at radius 1 is 1.08 bits per heavy atom. The normalized spacial score (nSPS) is 11.0. The Bertz CT molecular complexity index is 1060. The highest BCUT2D eigenvalue weighted by molar-refractivity contribution is 6.31. The minimum Gasteiger partial charge on any atom is -0.326 e. The zero-order valence-electron chi connectivity index (χ0n) is 13.4. The first kappa shape index (κ1) is 15.6. The van der Waals surface area contributed by atoms with Gasteiger partial charge in [-0.2, -0.15) is 0 Å². The van der Waals surface area contributed by atoms with Crippen molar-refractivity contribution in [2.24, 2.45) is 7.05 Å². The molecule has 4 aromatic rings. The van der Waals surface area contributed by atoms with Crippen LogP contribution in [0.3, 0.4) is 0 Å². The molecule has 0 aliphatic heterocycles. The van der Waals surface area contributed by atoms with Crippen LogP contribution in [0, 0.1) is 5.82 Å². The third kappa shape index (κ3) is 2.94. The number of nitrogens with one attached hydrogen (secondary N) is 1. The molecule has 0 aliphatic rings. The lowest BCUT2D eigenvalue weighted by Gasteiger charge is -2.06. The average molecular weight is 353 g/mol. The fourth-order valence-electron chi connectivity index (χ4n) is 2.67. The molecule has 4 nitrogen and oxygen atoms in total. The molecule has 1 N–H and O–H groups in total. The van der Waals surface area contributed by atoms with E-state index in [1.54, 1.807) is 18.3 Å². The predicted molar refractivity (Wildman–Crippen MR) is 98.6 cm³/mol. The maximum atomic E-state index is 13.4. The summed E-state index contributed by atoms with van der Waals surface area (Å²) in [7, 11) is 1.93. The van der Waals surface area contributed by atoms with Crippen LogP contribution < -0.4 is 5.32 Å². The van der Waals surface area contributed by atoms with E-state index in [1.807, 2.05) is 48.0 Å². The molecule has 0 radical (unpaired) electrons. The van der Waals surface area contributed by atoms with Crippen LogP contribution >= 0.6 is 11.6 Å². The molecule has 0 aliphatic carbocycles. The molecular weight excluding hydrogens is 339 g/mol. The van der Waals surface area contributed by atoms with Crippen molar-refractivity contribution in [3.63, 3.8) is 0 Å². The highest BCUT2D eigenvalue weighted by Gasteiger charge is 2.11. The summed E-state index contributed by atoms with van der Waals surface area (Å²) in [6.07, 6.45) is 1.71. The monoisotopic (exact) mass is 352 g/mol. The van der Waals surface area contributed by atoms with Crippen molar-refractivity contribution in [2.75, 3.05) is 5.32 Å². The predicted octanol–water partition coefficient (Wildman–Crippen LogP) is 5.17. The first-order chi connectivity index (χ1) is 12.1. The van der Waals surface area contributed by atoms with Crippen molar-refractivity contribution in [3.05, 3.63) is 71.6 Å². The largest absolute Gasteiger partial charge is 0.326 e. The Kier molecular flexibility index (Phi) is 3.86. The molecule has 6 heteroatoms. The summed E-state index contributed by atoms with van der Waals surface area (Å²) >= 11 is 5.88. The van der Waals surface area contributed by atoms with E-state index in [-0.39, 0.29) is 5.02 Å². The summed E-state index contributed by atoms with van der Waals surface area (Å²) in [5.41, 5.74) is 4.12. The average Bonchev–Trinajstić information content (AvgIpc) is 2.94. The molecule has 2 heterocycles. The molecule has 2 aromatic heterocycles. The Hall–Kier alpha value is -2.92. The highest BCUT2D eigenvalue weighted by Crippen LogP contribution is 2.27. The van der Waals surface area contributed by atoms with Gasteiger partial charge in [-0.05, 0) is 36.4 Å². The van der Waals surface area contributed by atoms with Crippen molar-refractivity contribution >= 4 is 34.3 Å². The maximum absolute atomic E-state index is 13.4. The number of fused-ring (bicyclic) bond motifs is 1. The van der Waals surface area contributed by atoms with Gasteiger partial charge in [-0.25, -0.2) is 9.37 Å². The number of imidazole rings is 1. The van der Waals surface area contributed by atoms with E-state index in [9.17, 15) is 4.39 Å². The van der Waals surface area contributed by atoms with Gasteiger partial charge < -0.3 is 9.88 Å². The number of aromatic nitrogens is 3. The maximum Gasteiger partial charge on any atom is 0.208 e. The molecule has 0 spiro atoms. The van der Waals surface area contributed by atoms with Gasteiger partial charge in [0.25, 0.3) is 0 Å². The van der Waals surface area contributed by atoms with E-state index in [1.165, 1.54) is 6.07 Å². The number of nitrogens with zero attached hydrogens (tertiary/aromatic N) is 3. The summed E-state index contributed by atoms with van der Waals surface area (Å²) in [6, 6.07) is 16.3. The van der Waals surface area contributed by atoms with Crippen LogP contribution in [0.4, 0.5) is 16.0 Å². The molecule has 124 valence electrons. The van der Waals surface area contributed by atoms with Crippen LogP contribution in [0.5, 0.6) is 0 Å². The summed E-state index contributed by atoms with van der Waals surface area (Å²) in [4.78, 5) is 9.00. The lowest BCUT2D eigenvalue weighted by atomic mass is 10.1. The highest BCUT2D eigenvalue weighted by atomic mass is 35.5. The van der Waals surface area contributed by atoms with Crippen molar-refractivity contribution < 1.29 is 4.39 Å². The van der Waals surface area contributed by atoms with E-state index < -0.39 is 5.82 Å². The van der Waals surface area contributed by atoms with E-state index in [4.69, 9.17) is 11.6 Å². The summed E-state index contributed by atoms with van der Waals surface area (Å²) < 4.78 is 15.3. The standard InChI is InChI=1S/C19H14ClFN4/c1-25-18-10-16(12-7-8-15(21)14(20)9-12)22-11-17(18)24-19(25)23-13-5-3-2-4-6-13/h2-11H,1H3,(H,23,24). The SMILES string of the molecule is Cn1c(Nc2ccccc2)nc2cnc(-c3ccc(F)c(Cl)c3)cc21. The quantitative estimate of drug-likeness (QED) is 0.553. The van der Waals surface area contributed by atoms with E-state index >= 15 is 0 Å². The van der Waals surface area contributed by atoms with E-state index in [0.717, 1.165) is 28.2 Å². The number of hydrogen-bond donors (Lipinski definition) is 1. The molecule has 0 atom stereocenters. The zero-order chi connectivity index (χ0) is 17.4. The van der Waals surface area contributed by atoms with Gasteiger partial charge in [-0.3, -0.25) is 4.98 Å². The molecule has 4 rings (SSSR count). The Labute approximate surface area is 148 Å². The van der Waals surface area contributed by atoms with E-state index in [2.05, 4.69) is 15.3 Å². The van der Waals surface area contributed by atoms with Gasteiger partial charge in [0.1, 0.15) is 11.3 Å². The fraction of sp³-hybridized carbons (Fsp3) is 0.0526. The molecule has 25 heavy (non-hydrogen) atoms. The van der Waals surface area contributed by atoms with Crippen molar-refractivity contribution in [2.45, 2.75) is 0 Å².